The van der Waals surface area contributed by atoms with E-state index in [0.717, 1.165) is 91.9 Å². The maximum Gasteiger partial charge on any atom is 0.373 e. The van der Waals surface area contributed by atoms with E-state index in [1.807, 2.05) is 42.1 Å². The number of aromatic nitrogens is 4. The Labute approximate surface area is 415 Å². The number of piperidine rings is 2. The Morgan fingerprint density at radius 3 is 1.35 bits per heavy atom. The average Bonchev–Trinajstić information content (AvgIpc) is 3.93. The van der Waals surface area contributed by atoms with Crippen LogP contribution in [0.1, 0.15) is 97.0 Å². The Kier molecular flexibility index (Phi) is 18.9. The Bertz CT molecular complexity index is 2720. The molecule has 0 saturated carbocycles. The van der Waals surface area contributed by atoms with E-state index in [-0.39, 0.29) is 18.0 Å². The molecule has 0 bridgehead atoms. The number of benzene rings is 4. The van der Waals surface area contributed by atoms with Crippen molar-refractivity contribution < 1.29 is 28.7 Å². The number of carbonyl (C=O) groups is 3. The molecule has 0 spiro atoms. The third-order valence-electron chi connectivity index (χ3n) is 11.6. The highest BCUT2D eigenvalue weighted by Gasteiger charge is 2.28. The molecule has 2 N–H and O–H groups in total. The lowest BCUT2D eigenvalue weighted by Gasteiger charge is -2.26. The molecular weight excluding hydrogens is 950 g/mol. The van der Waals surface area contributed by atoms with Crippen LogP contribution in [0.25, 0.3) is 33.9 Å². The average molecular weight is 1000 g/mol. The van der Waals surface area contributed by atoms with Gasteiger partial charge in [0.1, 0.15) is 5.75 Å². The minimum absolute atomic E-state index is 0.181. The zero-order valence-corrected chi connectivity index (χ0v) is 41.0. The Hall–Kier alpha value is -5.83. The van der Waals surface area contributed by atoms with E-state index in [0.29, 0.717) is 67.9 Å². The number of rotatable bonds is 13. The van der Waals surface area contributed by atoms with E-state index in [1.165, 1.54) is 18.4 Å². The van der Waals surface area contributed by atoms with Crippen LogP contribution in [-0.4, -0.2) is 80.2 Å². The molecule has 0 aliphatic carbocycles. The van der Waals surface area contributed by atoms with Gasteiger partial charge in [-0.3, -0.25) is 25.2 Å². The summed E-state index contributed by atoms with van der Waals surface area (Å²) >= 11 is 25.3. The molecular formula is C50H52Cl4N8O6. The summed E-state index contributed by atoms with van der Waals surface area (Å²) in [4.78, 5) is 53.5. The highest BCUT2D eigenvalue weighted by Crippen LogP contribution is 2.36. The number of halogens is 4. The van der Waals surface area contributed by atoms with E-state index >= 15 is 0 Å². The summed E-state index contributed by atoms with van der Waals surface area (Å²) < 4.78 is 8.38. The molecule has 2 aliphatic heterocycles. The van der Waals surface area contributed by atoms with Gasteiger partial charge in [-0.25, -0.2) is 19.4 Å². The van der Waals surface area contributed by atoms with Gasteiger partial charge in [-0.05, 0) is 111 Å². The molecule has 68 heavy (non-hydrogen) atoms. The Balaban J connectivity index is 0.000000212. The standard InChI is InChI=1S/C25H28Cl2N4O.C24H24Cl2N4O3.CO2/c1-3-17-8-10-18(11-9-17)24-20(4-2)23(25(32)29-30-14-6-5-7-15-30)28-31(24)22-13-12-19(26)16-21(22)27;1-2-19-22(24(32)28-29-12-4-3-5-13-29)27-30(21-11-8-17(25)14-20(21)26)23(19)16-6-9-18(10-7-16)33-15-31;2-1-3/h8-13,16H,3-7,14-15H2,1-2H3,(H,29,32);6-11,14-15H,2-5,12-13H2,1H3,(H,28,32);. The summed E-state index contributed by atoms with van der Waals surface area (Å²) in [6.07, 6.45) is 9.11. The van der Waals surface area contributed by atoms with Crippen molar-refractivity contribution in [2.24, 2.45) is 0 Å². The molecule has 2 fully saturated rings. The second-order valence-electron chi connectivity index (χ2n) is 15.9. The zero-order valence-electron chi connectivity index (χ0n) is 38.0. The molecule has 8 rings (SSSR count). The van der Waals surface area contributed by atoms with Crippen LogP contribution in [0.4, 0.5) is 0 Å². The van der Waals surface area contributed by atoms with Gasteiger partial charge in [0, 0.05) is 58.5 Å². The smallest absolute Gasteiger partial charge is 0.373 e. The molecule has 0 unspecified atom stereocenters. The van der Waals surface area contributed by atoms with Crippen LogP contribution in [0, 0.1) is 0 Å². The summed E-state index contributed by atoms with van der Waals surface area (Å²) in [5.74, 6) is -0.00999. The van der Waals surface area contributed by atoms with E-state index in [1.54, 1.807) is 51.8 Å². The zero-order chi connectivity index (χ0) is 48.7. The fourth-order valence-electron chi connectivity index (χ4n) is 8.23. The second kappa shape index (κ2) is 25.0. The molecule has 2 aromatic heterocycles. The van der Waals surface area contributed by atoms with Crippen LogP contribution in [-0.2, 0) is 33.6 Å². The lowest BCUT2D eigenvalue weighted by molar-refractivity contribution is -0.191. The third-order valence-corrected chi connectivity index (χ3v) is 12.6. The number of hydrazine groups is 2. The van der Waals surface area contributed by atoms with Crippen LogP contribution >= 0.6 is 46.4 Å². The predicted octanol–water partition coefficient (Wildman–Crippen LogP) is 10.6. The quantitative estimate of drug-likeness (QED) is 0.107. The van der Waals surface area contributed by atoms with Gasteiger partial charge >= 0.3 is 6.15 Å². The molecule has 6 aromatic rings. The molecule has 356 valence electrons. The molecule has 4 heterocycles. The SMILES string of the molecule is CCc1c(C(=O)NN2CCCCC2)nn(-c2ccc(Cl)cc2Cl)c1-c1ccc(OC=O)cc1.CCc1ccc(-c2c(CC)c(C(=O)NN3CCCCC3)nn2-c2ccc(Cl)cc2Cl)cc1.O=C=O. The van der Waals surface area contributed by atoms with Gasteiger partial charge in [-0.2, -0.15) is 19.8 Å². The lowest BCUT2D eigenvalue weighted by Crippen LogP contribution is -2.45. The molecule has 14 nitrogen and oxygen atoms in total. The Morgan fingerprint density at radius 1 is 0.603 bits per heavy atom. The molecule has 18 heteroatoms. The summed E-state index contributed by atoms with van der Waals surface area (Å²) in [6.45, 7) is 9.91. The summed E-state index contributed by atoms with van der Waals surface area (Å²) in [5.41, 5.74) is 14.5. The number of hydrogen-bond acceptors (Lipinski definition) is 10. The molecule has 2 saturated heterocycles. The van der Waals surface area contributed by atoms with Gasteiger partial charge in [-0.15, -0.1) is 0 Å². The van der Waals surface area contributed by atoms with Crippen molar-refractivity contribution >= 4 is 70.8 Å². The van der Waals surface area contributed by atoms with Crippen LogP contribution in [0.3, 0.4) is 0 Å². The largest absolute Gasteiger partial charge is 0.429 e. The van der Waals surface area contributed by atoms with Gasteiger partial charge in [0.15, 0.2) is 11.4 Å². The van der Waals surface area contributed by atoms with Gasteiger partial charge in [0.2, 0.25) is 0 Å². The molecule has 0 atom stereocenters. The molecule has 0 radical (unpaired) electrons. The maximum absolute atomic E-state index is 13.3. The van der Waals surface area contributed by atoms with Gasteiger partial charge in [0.05, 0.1) is 32.8 Å². The molecule has 2 aliphatic rings. The van der Waals surface area contributed by atoms with E-state index in [4.69, 9.17) is 70.9 Å². The van der Waals surface area contributed by atoms with Crippen molar-refractivity contribution in [2.75, 3.05) is 26.2 Å². The lowest BCUT2D eigenvalue weighted by atomic mass is 10.0. The van der Waals surface area contributed by atoms with Crippen molar-refractivity contribution in [2.45, 2.75) is 78.6 Å². The molecule has 4 aromatic carbocycles. The van der Waals surface area contributed by atoms with E-state index < -0.39 is 0 Å². The van der Waals surface area contributed by atoms with Crippen LogP contribution in [0.5, 0.6) is 5.75 Å². The van der Waals surface area contributed by atoms with Crippen molar-refractivity contribution in [1.82, 2.24) is 40.4 Å². The molecule has 2 amide bonds. The first kappa shape index (κ1) is 51.6. The summed E-state index contributed by atoms with van der Waals surface area (Å²) in [5, 5.41) is 15.4. The number of aryl methyl sites for hydroxylation is 1. The number of nitrogens with zero attached hydrogens (tertiary/aromatic N) is 6. The first-order valence-electron chi connectivity index (χ1n) is 22.5. The monoisotopic (exact) mass is 1000 g/mol. The van der Waals surface area contributed by atoms with Crippen molar-refractivity contribution in [3.8, 4) is 39.6 Å². The van der Waals surface area contributed by atoms with Crippen LogP contribution in [0.2, 0.25) is 20.1 Å². The number of nitrogens with one attached hydrogen (secondary N) is 2. The maximum atomic E-state index is 13.3. The van der Waals surface area contributed by atoms with Gasteiger partial charge in [0.25, 0.3) is 18.3 Å². The van der Waals surface area contributed by atoms with Crippen molar-refractivity contribution in [3.63, 3.8) is 0 Å². The third kappa shape index (κ3) is 12.6. The number of amides is 2. The summed E-state index contributed by atoms with van der Waals surface area (Å²) in [6, 6.07) is 25.9. The first-order chi connectivity index (χ1) is 32.9. The topological polar surface area (TPSA) is 161 Å². The fraction of sp³-hybridized carbons (Fsp3) is 0.320. The van der Waals surface area contributed by atoms with Crippen molar-refractivity contribution in [1.29, 1.82) is 0 Å². The number of hydrogen-bond donors (Lipinski definition) is 2. The van der Waals surface area contributed by atoms with E-state index in [9.17, 15) is 14.4 Å². The number of ether oxygens (including phenoxy) is 1. The van der Waals surface area contributed by atoms with Crippen molar-refractivity contribution in [3.05, 3.63) is 133 Å². The normalized spacial score (nSPS) is 13.8. The minimum atomic E-state index is -0.250. The predicted molar refractivity (Wildman–Crippen MR) is 264 cm³/mol. The minimum Gasteiger partial charge on any atom is -0.429 e. The second-order valence-corrected chi connectivity index (χ2v) is 17.6. The highest BCUT2D eigenvalue weighted by atomic mass is 35.5. The first-order valence-corrected chi connectivity index (χ1v) is 24.0. The van der Waals surface area contributed by atoms with Crippen LogP contribution < -0.4 is 15.6 Å². The van der Waals surface area contributed by atoms with Crippen LogP contribution in [0.15, 0.2) is 84.9 Å². The Morgan fingerprint density at radius 2 is 1.00 bits per heavy atom. The van der Waals surface area contributed by atoms with E-state index in [2.05, 4.69) is 42.0 Å². The fourth-order valence-corrected chi connectivity index (χ4v) is 9.21. The van der Waals surface area contributed by atoms with Gasteiger partial charge in [-0.1, -0.05) is 104 Å². The number of carbonyl (C=O) groups excluding carboxylic acids is 5. The summed E-state index contributed by atoms with van der Waals surface area (Å²) in [7, 11) is 0. The van der Waals surface area contributed by atoms with Gasteiger partial charge < -0.3 is 4.74 Å². The highest BCUT2D eigenvalue weighted by molar-refractivity contribution is 6.36.